The monoisotopic (exact) mass is 382 g/mol. The highest BCUT2D eigenvalue weighted by molar-refractivity contribution is 14.0. The van der Waals surface area contributed by atoms with Gasteiger partial charge in [-0.1, -0.05) is 26.7 Å². The van der Waals surface area contributed by atoms with Crippen molar-refractivity contribution in [1.29, 1.82) is 0 Å². The highest BCUT2D eigenvalue weighted by atomic mass is 127. The molecule has 4 nitrogen and oxygen atoms in total. The van der Waals surface area contributed by atoms with Gasteiger partial charge in [0.2, 0.25) is 0 Å². The lowest BCUT2D eigenvalue weighted by Gasteiger charge is -2.21. The third kappa shape index (κ3) is 7.97. The summed E-state index contributed by atoms with van der Waals surface area (Å²) < 4.78 is 0. The fraction of sp³-hybridized carbons (Fsp3) is 0.929. The van der Waals surface area contributed by atoms with Gasteiger partial charge < -0.3 is 15.5 Å². The molecule has 1 saturated heterocycles. The van der Waals surface area contributed by atoms with Crippen molar-refractivity contribution in [3.8, 4) is 0 Å². The van der Waals surface area contributed by atoms with Crippen LogP contribution in [-0.2, 0) is 0 Å². The summed E-state index contributed by atoms with van der Waals surface area (Å²) in [4.78, 5) is 9.21. The molecule has 1 aliphatic heterocycles. The summed E-state index contributed by atoms with van der Waals surface area (Å²) in [6.07, 6.45) is 6.30. The van der Waals surface area contributed by atoms with Crippen LogP contribution in [0.15, 0.2) is 4.99 Å². The van der Waals surface area contributed by atoms with E-state index in [1.807, 2.05) is 0 Å². The van der Waals surface area contributed by atoms with Crippen molar-refractivity contribution in [3.05, 3.63) is 0 Å². The van der Waals surface area contributed by atoms with Gasteiger partial charge in [-0.2, -0.15) is 0 Å². The fourth-order valence-electron chi connectivity index (χ4n) is 2.43. The van der Waals surface area contributed by atoms with Crippen LogP contribution in [0.25, 0.3) is 0 Å². The standard InChI is InChI=1S/C14H30N4.HI/c1-3-17(4-2)11-9-10-16-14(15)18-12-7-5-6-8-13-18;/h3-13H2,1-2H3,(H2,15,16);1H. The predicted molar refractivity (Wildman–Crippen MR) is 94.4 cm³/mol. The van der Waals surface area contributed by atoms with Crippen molar-refractivity contribution >= 4 is 29.9 Å². The second kappa shape index (κ2) is 11.8. The third-order valence-electron chi connectivity index (χ3n) is 3.73. The van der Waals surface area contributed by atoms with Gasteiger partial charge in [-0.3, -0.25) is 4.99 Å². The minimum absolute atomic E-state index is 0. The molecule has 5 heteroatoms. The highest BCUT2D eigenvalue weighted by Gasteiger charge is 2.10. The van der Waals surface area contributed by atoms with Gasteiger partial charge in [0.15, 0.2) is 5.96 Å². The molecule has 2 N–H and O–H groups in total. The van der Waals surface area contributed by atoms with E-state index < -0.39 is 0 Å². The van der Waals surface area contributed by atoms with Crippen LogP contribution < -0.4 is 5.73 Å². The minimum atomic E-state index is 0. The molecular formula is C14H31IN4. The van der Waals surface area contributed by atoms with Crippen LogP contribution in [0.1, 0.15) is 46.0 Å². The number of rotatable bonds is 6. The zero-order valence-corrected chi connectivity index (χ0v) is 14.9. The third-order valence-corrected chi connectivity index (χ3v) is 3.73. The van der Waals surface area contributed by atoms with Crippen LogP contribution in [0.2, 0.25) is 0 Å². The van der Waals surface area contributed by atoms with Crippen molar-refractivity contribution in [1.82, 2.24) is 9.80 Å². The number of hydrogen-bond donors (Lipinski definition) is 1. The molecule has 0 radical (unpaired) electrons. The Morgan fingerprint density at radius 3 is 2.21 bits per heavy atom. The van der Waals surface area contributed by atoms with Crippen molar-refractivity contribution < 1.29 is 0 Å². The van der Waals surface area contributed by atoms with E-state index in [9.17, 15) is 0 Å². The van der Waals surface area contributed by atoms with E-state index in [1.165, 1.54) is 25.7 Å². The van der Waals surface area contributed by atoms with Gasteiger partial charge in [0.1, 0.15) is 0 Å². The maximum atomic E-state index is 6.06. The van der Waals surface area contributed by atoms with Gasteiger partial charge in [-0.25, -0.2) is 0 Å². The average molecular weight is 382 g/mol. The molecule has 0 aromatic carbocycles. The second-order valence-corrected chi connectivity index (χ2v) is 5.02. The van der Waals surface area contributed by atoms with Crippen molar-refractivity contribution in [3.63, 3.8) is 0 Å². The van der Waals surface area contributed by atoms with Crippen molar-refractivity contribution in [2.24, 2.45) is 10.7 Å². The topological polar surface area (TPSA) is 44.9 Å². The molecule has 0 bridgehead atoms. The molecule has 0 aliphatic carbocycles. The van der Waals surface area contributed by atoms with Crippen molar-refractivity contribution in [2.45, 2.75) is 46.0 Å². The Kier molecular flexibility index (Phi) is 11.7. The molecule has 1 rings (SSSR count). The number of halogens is 1. The van der Waals surface area contributed by atoms with Crippen LogP contribution in [0.5, 0.6) is 0 Å². The van der Waals surface area contributed by atoms with E-state index in [-0.39, 0.29) is 24.0 Å². The van der Waals surface area contributed by atoms with E-state index in [2.05, 4.69) is 28.6 Å². The molecule has 1 aliphatic rings. The smallest absolute Gasteiger partial charge is 0.191 e. The van der Waals surface area contributed by atoms with Gasteiger partial charge in [0.05, 0.1) is 0 Å². The Bertz CT molecular complexity index is 234. The lowest BCUT2D eigenvalue weighted by molar-refractivity contribution is 0.301. The molecule has 0 saturated carbocycles. The normalized spacial score (nSPS) is 17.2. The minimum Gasteiger partial charge on any atom is -0.370 e. The summed E-state index contributed by atoms with van der Waals surface area (Å²) >= 11 is 0. The summed E-state index contributed by atoms with van der Waals surface area (Å²) in [7, 11) is 0. The number of likely N-dealkylation sites (tertiary alicyclic amines) is 1. The molecule has 0 aromatic heterocycles. The van der Waals surface area contributed by atoms with Gasteiger partial charge in [-0.15, -0.1) is 24.0 Å². The molecule has 0 atom stereocenters. The zero-order valence-electron chi connectivity index (χ0n) is 12.6. The molecule has 1 fully saturated rings. The van der Waals surface area contributed by atoms with E-state index in [0.717, 1.165) is 51.6 Å². The first-order valence-electron chi connectivity index (χ1n) is 7.55. The first-order chi connectivity index (χ1) is 8.77. The molecule has 1 heterocycles. The molecule has 0 aromatic rings. The average Bonchev–Trinajstić information content (AvgIpc) is 2.67. The quantitative estimate of drug-likeness (QED) is 0.332. The maximum absolute atomic E-state index is 6.06. The van der Waals surface area contributed by atoms with Crippen LogP contribution in [0.4, 0.5) is 0 Å². The summed E-state index contributed by atoms with van der Waals surface area (Å²) in [6.45, 7) is 10.8. The van der Waals surface area contributed by atoms with Crippen LogP contribution >= 0.6 is 24.0 Å². The highest BCUT2D eigenvalue weighted by Crippen LogP contribution is 2.09. The Morgan fingerprint density at radius 1 is 1.11 bits per heavy atom. The summed E-state index contributed by atoms with van der Waals surface area (Å²) in [5.74, 6) is 0.761. The van der Waals surface area contributed by atoms with Gasteiger partial charge in [0.25, 0.3) is 0 Å². The Balaban J connectivity index is 0.00000324. The molecule has 0 amide bonds. The molecular weight excluding hydrogens is 351 g/mol. The molecule has 19 heavy (non-hydrogen) atoms. The molecule has 0 unspecified atom stereocenters. The second-order valence-electron chi connectivity index (χ2n) is 5.02. The number of nitrogens with two attached hydrogens (primary N) is 1. The Labute approximate surface area is 135 Å². The first kappa shape index (κ1) is 19.0. The largest absolute Gasteiger partial charge is 0.370 e. The fourth-order valence-corrected chi connectivity index (χ4v) is 2.43. The SMILES string of the molecule is CCN(CC)CCCN=C(N)N1CCCCCC1.I. The van der Waals surface area contributed by atoms with Crippen LogP contribution in [0.3, 0.4) is 0 Å². The maximum Gasteiger partial charge on any atom is 0.191 e. The van der Waals surface area contributed by atoms with Crippen LogP contribution in [-0.4, -0.2) is 55.0 Å². The molecule has 114 valence electrons. The van der Waals surface area contributed by atoms with E-state index in [1.54, 1.807) is 0 Å². The van der Waals surface area contributed by atoms with Gasteiger partial charge in [0, 0.05) is 19.6 Å². The number of nitrogens with zero attached hydrogens (tertiary/aromatic N) is 3. The van der Waals surface area contributed by atoms with E-state index in [0.29, 0.717) is 0 Å². The van der Waals surface area contributed by atoms with Crippen molar-refractivity contribution in [2.75, 3.05) is 39.3 Å². The van der Waals surface area contributed by atoms with Gasteiger partial charge in [-0.05, 0) is 38.9 Å². The number of hydrogen-bond acceptors (Lipinski definition) is 2. The lowest BCUT2D eigenvalue weighted by atomic mass is 10.2. The summed E-state index contributed by atoms with van der Waals surface area (Å²) in [5.41, 5.74) is 6.06. The number of aliphatic imine (C=N–C) groups is 1. The first-order valence-corrected chi connectivity index (χ1v) is 7.55. The summed E-state index contributed by atoms with van der Waals surface area (Å²) in [5, 5.41) is 0. The predicted octanol–water partition coefficient (Wildman–Crippen LogP) is 2.53. The number of guanidine groups is 1. The Morgan fingerprint density at radius 2 is 1.68 bits per heavy atom. The van der Waals surface area contributed by atoms with Crippen LogP contribution in [0, 0.1) is 0 Å². The van der Waals surface area contributed by atoms with E-state index in [4.69, 9.17) is 5.73 Å². The molecule has 0 spiro atoms. The Hall–Kier alpha value is -0.0400. The zero-order chi connectivity index (χ0) is 13.2. The lowest BCUT2D eigenvalue weighted by Crippen LogP contribution is -2.38. The summed E-state index contributed by atoms with van der Waals surface area (Å²) in [6, 6.07) is 0. The van der Waals surface area contributed by atoms with E-state index >= 15 is 0 Å². The van der Waals surface area contributed by atoms with Gasteiger partial charge >= 0.3 is 0 Å².